The van der Waals surface area contributed by atoms with Crippen molar-refractivity contribution in [2.45, 2.75) is 38.2 Å². The lowest BCUT2D eigenvalue weighted by Crippen LogP contribution is -2.32. The predicted molar refractivity (Wildman–Crippen MR) is 107 cm³/mol. The van der Waals surface area contributed by atoms with Crippen LogP contribution in [0.4, 0.5) is 0 Å². The van der Waals surface area contributed by atoms with E-state index in [4.69, 9.17) is 18.9 Å². The van der Waals surface area contributed by atoms with Gasteiger partial charge in [-0.3, -0.25) is 4.79 Å². The van der Waals surface area contributed by atoms with E-state index in [9.17, 15) is 9.59 Å². The molecule has 0 radical (unpaired) electrons. The van der Waals surface area contributed by atoms with E-state index < -0.39 is 5.60 Å². The SMILES string of the molecule is CCOC(=O)C1(Oc2c(-c3cccc4c3CCC4=O)ccc(OC)c2OC)CC1. The quantitative estimate of drug-likeness (QED) is 0.660. The summed E-state index contributed by atoms with van der Waals surface area (Å²) in [5, 5.41) is 0. The van der Waals surface area contributed by atoms with Gasteiger partial charge in [0.1, 0.15) is 0 Å². The minimum Gasteiger partial charge on any atom is -0.493 e. The molecule has 29 heavy (non-hydrogen) atoms. The first-order valence-corrected chi connectivity index (χ1v) is 9.81. The van der Waals surface area contributed by atoms with Crippen LogP contribution in [-0.2, 0) is 16.0 Å². The molecule has 2 aromatic rings. The Morgan fingerprint density at radius 2 is 1.72 bits per heavy atom. The second kappa shape index (κ2) is 7.43. The van der Waals surface area contributed by atoms with Gasteiger partial charge in [-0.1, -0.05) is 18.2 Å². The zero-order valence-corrected chi connectivity index (χ0v) is 16.9. The van der Waals surface area contributed by atoms with E-state index >= 15 is 0 Å². The van der Waals surface area contributed by atoms with Crippen LogP contribution in [0.1, 0.15) is 42.1 Å². The molecule has 6 heteroatoms. The van der Waals surface area contributed by atoms with Gasteiger partial charge >= 0.3 is 5.97 Å². The summed E-state index contributed by atoms with van der Waals surface area (Å²) in [6.45, 7) is 2.07. The van der Waals surface area contributed by atoms with Gasteiger partial charge in [-0.25, -0.2) is 4.79 Å². The molecule has 1 saturated carbocycles. The van der Waals surface area contributed by atoms with Crippen molar-refractivity contribution in [1.82, 2.24) is 0 Å². The molecule has 2 aliphatic carbocycles. The number of benzene rings is 2. The molecule has 0 unspecified atom stereocenters. The highest BCUT2D eigenvalue weighted by Gasteiger charge is 2.55. The maximum absolute atomic E-state index is 12.5. The van der Waals surface area contributed by atoms with Crippen molar-refractivity contribution in [1.29, 1.82) is 0 Å². The van der Waals surface area contributed by atoms with E-state index in [1.807, 2.05) is 24.3 Å². The fourth-order valence-corrected chi connectivity index (χ4v) is 3.87. The van der Waals surface area contributed by atoms with Gasteiger partial charge in [0.15, 0.2) is 17.3 Å². The molecule has 152 valence electrons. The highest BCUT2D eigenvalue weighted by Crippen LogP contribution is 2.51. The third-order valence-corrected chi connectivity index (χ3v) is 5.52. The number of ether oxygens (including phenoxy) is 4. The molecular weight excluding hydrogens is 372 g/mol. The van der Waals surface area contributed by atoms with Crippen molar-refractivity contribution in [3.63, 3.8) is 0 Å². The molecule has 0 heterocycles. The Bertz CT molecular complexity index is 974. The van der Waals surface area contributed by atoms with E-state index in [1.165, 1.54) is 7.11 Å². The largest absolute Gasteiger partial charge is 0.493 e. The maximum Gasteiger partial charge on any atom is 0.350 e. The lowest BCUT2D eigenvalue weighted by Gasteiger charge is -2.23. The first kappa shape index (κ1) is 19.3. The van der Waals surface area contributed by atoms with Gasteiger partial charge < -0.3 is 18.9 Å². The Hall–Kier alpha value is -3.02. The Morgan fingerprint density at radius 3 is 2.38 bits per heavy atom. The van der Waals surface area contributed by atoms with Gasteiger partial charge in [0.05, 0.1) is 20.8 Å². The summed E-state index contributed by atoms with van der Waals surface area (Å²) >= 11 is 0. The number of Topliss-reactive ketones (excluding diaryl/α,β-unsaturated/α-hetero) is 1. The zero-order chi connectivity index (χ0) is 20.6. The summed E-state index contributed by atoms with van der Waals surface area (Å²) < 4.78 is 22.6. The molecule has 4 rings (SSSR count). The van der Waals surface area contributed by atoms with Gasteiger partial charge in [-0.05, 0) is 36.6 Å². The number of ketones is 1. The van der Waals surface area contributed by atoms with Crippen LogP contribution in [0.3, 0.4) is 0 Å². The average molecular weight is 396 g/mol. The van der Waals surface area contributed by atoms with Gasteiger partial charge in [-0.15, -0.1) is 0 Å². The first-order chi connectivity index (χ1) is 14.0. The molecule has 0 saturated heterocycles. The molecule has 0 atom stereocenters. The van der Waals surface area contributed by atoms with E-state index in [2.05, 4.69) is 0 Å². The number of hydrogen-bond acceptors (Lipinski definition) is 6. The topological polar surface area (TPSA) is 71.1 Å². The molecule has 2 aliphatic rings. The van der Waals surface area contributed by atoms with Gasteiger partial charge in [0.2, 0.25) is 11.4 Å². The van der Waals surface area contributed by atoms with E-state index in [0.29, 0.717) is 49.5 Å². The minimum absolute atomic E-state index is 0.148. The van der Waals surface area contributed by atoms with Gasteiger partial charge in [0.25, 0.3) is 0 Å². The normalized spacial score (nSPS) is 16.2. The third-order valence-electron chi connectivity index (χ3n) is 5.52. The Kier molecular flexibility index (Phi) is 4.94. The van der Waals surface area contributed by atoms with Crippen molar-refractivity contribution in [2.24, 2.45) is 0 Å². The molecule has 6 nitrogen and oxygen atoms in total. The fourth-order valence-electron chi connectivity index (χ4n) is 3.87. The minimum atomic E-state index is -1.00. The summed E-state index contributed by atoms with van der Waals surface area (Å²) in [5.41, 5.74) is 2.41. The summed E-state index contributed by atoms with van der Waals surface area (Å²) in [7, 11) is 3.09. The lowest BCUT2D eigenvalue weighted by molar-refractivity contribution is -0.153. The molecule has 2 aromatic carbocycles. The number of rotatable bonds is 7. The van der Waals surface area contributed by atoms with E-state index in [-0.39, 0.29) is 11.8 Å². The van der Waals surface area contributed by atoms with Crippen molar-refractivity contribution in [3.8, 4) is 28.4 Å². The second-order valence-electron chi connectivity index (χ2n) is 7.25. The molecule has 0 bridgehead atoms. The molecule has 0 N–H and O–H groups in total. The smallest absolute Gasteiger partial charge is 0.350 e. The van der Waals surface area contributed by atoms with Crippen LogP contribution in [0.2, 0.25) is 0 Å². The van der Waals surface area contributed by atoms with Gasteiger partial charge in [-0.2, -0.15) is 0 Å². The van der Waals surface area contributed by atoms with Crippen LogP contribution >= 0.6 is 0 Å². The monoisotopic (exact) mass is 396 g/mol. The zero-order valence-electron chi connectivity index (χ0n) is 16.9. The molecule has 0 aliphatic heterocycles. The summed E-state index contributed by atoms with van der Waals surface area (Å²) in [6.07, 6.45) is 2.35. The van der Waals surface area contributed by atoms with Crippen LogP contribution in [0, 0.1) is 0 Å². The van der Waals surface area contributed by atoms with E-state index in [0.717, 1.165) is 22.3 Å². The number of hydrogen-bond donors (Lipinski definition) is 0. The average Bonchev–Trinajstić information content (AvgIpc) is 3.43. The molecule has 0 aromatic heterocycles. The summed E-state index contributed by atoms with van der Waals surface area (Å²) in [5.74, 6) is 1.14. The Morgan fingerprint density at radius 1 is 0.966 bits per heavy atom. The number of fused-ring (bicyclic) bond motifs is 1. The molecule has 0 amide bonds. The third kappa shape index (κ3) is 3.22. The number of carbonyl (C=O) groups is 2. The molecule has 0 spiro atoms. The van der Waals surface area contributed by atoms with Crippen LogP contribution in [0.5, 0.6) is 17.2 Å². The van der Waals surface area contributed by atoms with Crippen molar-refractivity contribution in [2.75, 3.05) is 20.8 Å². The Balaban J connectivity index is 1.86. The standard InChI is InChI=1S/C23H24O6/c1-4-28-22(25)23(12-13-23)29-20-17(9-11-19(26-2)21(20)27-3)14-6-5-7-16-15(14)8-10-18(16)24/h5-7,9,11H,4,8,10,12-13H2,1-3H3. The lowest BCUT2D eigenvalue weighted by atomic mass is 9.95. The van der Waals surface area contributed by atoms with Crippen molar-refractivity contribution in [3.05, 3.63) is 41.5 Å². The second-order valence-corrected chi connectivity index (χ2v) is 7.25. The fraction of sp³-hybridized carbons (Fsp3) is 0.391. The number of carbonyl (C=O) groups excluding carboxylic acids is 2. The highest BCUT2D eigenvalue weighted by molar-refractivity contribution is 6.02. The van der Waals surface area contributed by atoms with Crippen LogP contribution < -0.4 is 14.2 Å². The predicted octanol–water partition coefficient (Wildman–Crippen LogP) is 3.97. The van der Waals surface area contributed by atoms with Crippen molar-refractivity contribution < 1.29 is 28.5 Å². The molecular formula is C23H24O6. The van der Waals surface area contributed by atoms with Crippen molar-refractivity contribution >= 4 is 11.8 Å². The number of esters is 1. The summed E-state index contributed by atoms with van der Waals surface area (Å²) in [4.78, 5) is 24.7. The van der Waals surface area contributed by atoms with Crippen LogP contribution in [0.15, 0.2) is 30.3 Å². The maximum atomic E-state index is 12.5. The van der Waals surface area contributed by atoms with Crippen LogP contribution in [0.25, 0.3) is 11.1 Å². The van der Waals surface area contributed by atoms with Gasteiger partial charge in [0, 0.05) is 30.4 Å². The van der Waals surface area contributed by atoms with Crippen LogP contribution in [-0.4, -0.2) is 38.2 Å². The summed E-state index contributed by atoms with van der Waals surface area (Å²) in [6, 6.07) is 9.39. The highest BCUT2D eigenvalue weighted by atomic mass is 16.6. The van der Waals surface area contributed by atoms with E-state index in [1.54, 1.807) is 20.1 Å². The number of methoxy groups -OCH3 is 2. The first-order valence-electron chi connectivity index (χ1n) is 9.81. The Labute approximate surface area is 169 Å². The molecule has 1 fully saturated rings.